The van der Waals surface area contributed by atoms with Gasteiger partial charge in [0.15, 0.2) is 0 Å². The number of nitrogens with zero attached hydrogens (tertiary/aromatic N) is 1. The number of hydrogen-bond acceptors (Lipinski definition) is 3. The van der Waals surface area contributed by atoms with Crippen LogP contribution in [0.2, 0.25) is 10.0 Å². The molecule has 2 aromatic rings. The predicted molar refractivity (Wildman–Crippen MR) is 132 cm³/mol. The Kier molecular flexibility index (Phi) is 10.7. The first-order chi connectivity index (χ1) is 14.8. The first-order valence-electron chi connectivity index (χ1n) is 10.4. The lowest BCUT2D eigenvalue weighted by Gasteiger charge is -2.29. The molecule has 31 heavy (non-hydrogen) atoms. The molecule has 0 aromatic heterocycles. The quantitative estimate of drug-likeness (QED) is 0.413. The van der Waals surface area contributed by atoms with E-state index < -0.39 is 6.04 Å². The summed E-state index contributed by atoms with van der Waals surface area (Å²) in [5, 5.41) is 3.82. The Balaban J connectivity index is 2.03. The lowest BCUT2D eigenvalue weighted by Crippen LogP contribution is -2.48. The third-order valence-electron chi connectivity index (χ3n) is 4.76. The highest BCUT2D eigenvalue weighted by atomic mass is 35.5. The van der Waals surface area contributed by atoms with Gasteiger partial charge in [-0.1, -0.05) is 73.4 Å². The number of nitrogens with one attached hydrogen (secondary N) is 1. The van der Waals surface area contributed by atoms with Crippen molar-refractivity contribution in [2.75, 3.05) is 12.3 Å². The molecule has 0 fully saturated rings. The summed E-state index contributed by atoms with van der Waals surface area (Å²) in [7, 11) is 0. The van der Waals surface area contributed by atoms with Crippen LogP contribution in [-0.4, -0.2) is 35.1 Å². The van der Waals surface area contributed by atoms with Gasteiger partial charge in [0.2, 0.25) is 11.8 Å². The molecule has 0 heterocycles. The Bertz CT molecular complexity index is 862. The number of amides is 2. The van der Waals surface area contributed by atoms with Gasteiger partial charge in [0, 0.05) is 31.0 Å². The molecule has 1 atom stereocenters. The molecule has 0 aliphatic heterocycles. The average Bonchev–Trinajstić information content (AvgIpc) is 2.75. The molecule has 2 rings (SSSR count). The van der Waals surface area contributed by atoms with E-state index in [1.165, 1.54) is 5.56 Å². The van der Waals surface area contributed by atoms with Crippen LogP contribution in [0.25, 0.3) is 0 Å². The molecule has 168 valence electrons. The van der Waals surface area contributed by atoms with Crippen LogP contribution < -0.4 is 5.32 Å². The van der Waals surface area contributed by atoms with Crippen molar-refractivity contribution in [3.05, 3.63) is 69.7 Å². The molecular formula is C24H30Cl2N2O2S. The molecule has 0 radical (unpaired) electrons. The average molecular weight is 481 g/mol. The zero-order chi connectivity index (χ0) is 22.8. The van der Waals surface area contributed by atoms with Crippen molar-refractivity contribution in [2.24, 2.45) is 5.92 Å². The highest BCUT2D eigenvalue weighted by Crippen LogP contribution is 2.24. The first-order valence-corrected chi connectivity index (χ1v) is 12.3. The summed E-state index contributed by atoms with van der Waals surface area (Å²) in [4.78, 5) is 27.4. The fourth-order valence-corrected chi connectivity index (χ4v) is 4.15. The number of benzene rings is 2. The second-order valence-corrected chi connectivity index (χ2v) is 9.79. The van der Waals surface area contributed by atoms with Crippen LogP contribution in [-0.2, 0) is 21.9 Å². The number of hydrogen-bond donors (Lipinski definition) is 1. The number of halogens is 2. The third-order valence-corrected chi connectivity index (χ3v) is 6.53. The summed E-state index contributed by atoms with van der Waals surface area (Å²) in [5.41, 5.74) is 2.07. The minimum atomic E-state index is -0.583. The smallest absolute Gasteiger partial charge is 0.242 e. The molecule has 0 saturated heterocycles. The van der Waals surface area contributed by atoms with Crippen LogP contribution >= 0.6 is 35.0 Å². The molecule has 0 saturated carbocycles. The Morgan fingerprint density at radius 1 is 1.00 bits per heavy atom. The molecule has 4 nitrogen and oxygen atoms in total. The summed E-state index contributed by atoms with van der Waals surface area (Å²) >= 11 is 13.9. The van der Waals surface area contributed by atoms with Gasteiger partial charge in [-0.05, 0) is 36.1 Å². The largest absolute Gasteiger partial charge is 0.354 e. The third kappa shape index (κ3) is 8.76. The maximum Gasteiger partial charge on any atom is 0.242 e. The number of carbonyl (C=O) groups excluding carboxylic acids is 2. The fourth-order valence-electron chi connectivity index (χ4n) is 2.94. The van der Waals surface area contributed by atoms with Crippen LogP contribution in [0.5, 0.6) is 0 Å². The fraction of sp³-hybridized carbons (Fsp3) is 0.417. The van der Waals surface area contributed by atoms with E-state index in [1.807, 2.05) is 38.1 Å². The normalized spacial score (nSPS) is 11.9. The minimum absolute atomic E-state index is 0.0566. The van der Waals surface area contributed by atoms with Gasteiger partial charge in [0.1, 0.15) is 6.04 Å². The molecule has 0 bridgehead atoms. The van der Waals surface area contributed by atoms with E-state index in [2.05, 4.69) is 17.4 Å². The van der Waals surface area contributed by atoms with Crippen LogP contribution in [0.1, 0.15) is 38.3 Å². The van der Waals surface area contributed by atoms with E-state index in [0.29, 0.717) is 41.2 Å². The molecule has 2 amide bonds. The van der Waals surface area contributed by atoms with Crippen molar-refractivity contribution in [2.45, 2.75) is 45.5 Å². The van der Waals surface area contributed by atoms with Gasteiger partial charge in [0.05, 0.1) is 10.0 Å². The topological polar surface area (TPSA) is 49.4 Å². The molecule has 0 aliphatic carbocycles. The van der Waals surface area contributed by atoms with Crippen LogP contribution in [0.3, 0.4) is 0 Å². The Morgan fingerprint density at radius 3 is 2.35 bits per heavy atom. The number of rotatable bonds is 11. The second-order valence-electron chi connectivity index (χ2n) is 7.87. The van der Waals surface area contributed by atoms with E-state index in [0.717, 1.165) is 11.3 Å². The maximum absolute atomic E-state index is 13.1. The Hall–Kier alpha value is -1.69. The Labute approximate surface area is 199 Å². The molecule has 2 aromatic carbocycles. The van der Waals surface area contributed by atoms with E-state index in [-0.39, 0.29) is 11.8 Å². The summed E-state index contributed by atoms with van der Waals surface area (Å²) in [6.45, 7) is 6.71. The van der Waals surface area contributed by atoms with E-state index in [9.17, 15) is 9.59 Å². The zero-order valence-electron chi connectivity index (χ0n) is 18.2. The molecule has 7 heteroatoms. The molecule has 0 spiro atoms. The van der Waals surface area contributed by atoms with Gasteiger partial charge < -0.3 is 10.2 Å². The van der Waals surface area contributed by atoms with Gasteiger partial charge in [-0.3, -0.25) is 9.59 Å². The van der Waals surface area contributed by atoms with Gasteiger partial charge in [-0.25, -0.2) is 0 Å². The molecule has 0 aliphatic rings. The standard InChI is InChI=1S/C24H30Cl2N2O2S/c1-17(2)14-27-24(30)18(3)28(15-20-9-10-21(25)22(26)13-20)23(29)11-12-31-16-19-7-5-4-6-8-19/h4-10,13,17-18H,11-12,14-16H2,1-3H3,(H,27,30)/t18-/m0/s1. The monoisotopic (exact) mass is 480 g/mol. The van der Waals surface area contributed by atoms with Crippen LogP contribution in [0.4, 0.5) is 0 Å². The van der Waals surface area contributed by atoms with Crippen molar-refractivity contribution >= 4 is 46.8 Å². The van der Waals surface area contributed by atoms with Gasteiger partial charge in [0.25, 0.3) is 0 Å². The predicted octanol–water partition coefficient (Wildman–Crippen LogP) is 5.81. The summed E-state index contributed by atoms with van der Waals surface area (Å²) in [6, 6.07) is 14.9. The van der Waals surface area contributed by atoms with Crippen molar-refractivity contribution < 1.29 is 9.59 Å². The lowest BCUT2D eigenvalue weighted by molar-refractivity contribution is -0.140. The maximum atomic E-state index is 13.1. The highest BCUT2D eigenvalue weighted by molar-refractivity contribution is 7.98. The van der Waals surface area contributed by atoms with E-state index in [4.69, 9.17) is 23.2 Å². The zero-order valence-corrected chi connectivity index (χ0v) is 20.6. The van der Waals surface area contributed by atoms with E-state index >= 15 is 0 Å². The molecular weight excluding hydrogens is 451 g/mol. The van der Waals surface area contributed by atoms with Crippen molar-refractivity contribution in [3.63, 3.8) is 0 Å². The minimum Gasteiger partial charge on any atom is -0.354 e. The van der Waals surface area contributed by atoms with Crippen LogP contribution in [0.15, 0.2) is 48.5 Å². The van der Waals surface area contributed by atoms with Gasteiger partial charge in [-0.2, -0.15) is 11.8 Å². The molecule has 0 unspecified atom stereocenters. The lowest BCUT2D eigenvalue weighted by atomic mass is 10.1. The number of thioether (sulfide) groups is 1. The summed E-state index contributed by atoms with van der Waals surface area (Å²) in [6.07, 6.45) is 0.362. The van der Waals surface area contributed by atoms with Crippen molar-refractivity contribution in [3.8, 4) is 0 Å². The Morgan fingerprint density at radius 2 is 1.71 bits per heavy atom. The second kappa shape index (κ2) is 13.0. The molecule has 1 N–H and O–H groups in total. The number of carbonyl (C=O) groups is 2. The van der Waals surface area contributed by atoms with Crippen molar-refractivity contribution in [1.29, 1.82) is 0 Å². The summed E-state index contributed by atoms with van der Waals surface area (Å²) < 4.78 is 0. The van der Waals surface area contributed by atoms with Gasteiger partial charge >= 0.3 is 0 Å². The van der Waals surface area contributed by atoms with Crippen LogP contribution in [0, 0.1) is 5.92 Å². The highest BCUT2D eigenvalue weighted by Gasteiger charge is 2.26. The summed E-state index contributed by atoms with van der Waals surface area (Å²) in [5.74, 6) is 1.67. The van der Waals surface area contributed by atoms with Crippen molar-refractivity contribution in [1.82, 2.24) is 10.2 Å². The SMILES string of the molecule is CC(C)CNC(=O)[C@H](C)N(Cc1ccc(Cl)c(Cl)c1)C(=O)CCSCc1ccccc1. The first kappa shape index (κ1) is 25.6. The van der Waals surface area contributed by atoms with E-state index in [1.54, 1.807) is 35.7 Å². The van der Waals surface area contributed by atoms with Gasteiger partial charge in [-0.15, -0.1) is 0 Å².